The lowest BCUT2D eigenvalue weighted by Gasteiger charge is -2.07. The zero-order valence-electron chi connectivity index (χ0n) is 13.8. The molecule has 7 heteroatoms. The van der Waals surface area contributed by atoms with Crippen molar-refractivity contribution in [2.24, 2.45) is 0 Å². The van der Waals surface area contributed by atoms with E-state index in [1.54, 1.807) is 30.5 Å². The summed E-state index contributed by atoms with van der Waals surface area (Å²) in [6, 6.07) is 10.6. The molecule has 0 unspecified atom stereocenters. The molecule has 2 aromatic carbocycles. The van der Waals surface area contributed by atoms with Crippen molar-refractivity contribution in [3.8, 4) is 28.3 Å². The fraction of sp³-hybridized carbons (Fsp3) is 0.0526. The average molecular weight is 352 g/mol. The van der Waals surface area contributed by atoms with Crippen LogP contribution in [0.3, 0.4) is 0 Å². The minimum absolute atomic E-state index is 0.0682. The molecule has 5 nitrogen and oxygen atoms in total. The lowest BCUT2D eigenvalue weighted by atomic mass is 10.0. The Morgan fingerprint density at radius 3 is 2.54 bits per heavy atom. The van der Waals surface area contributed by atoms with E-state index in [1.807, 2.05) is 0 Å². The van der Waals surface area contributed by atoms with Crippen molar-refractivity contribution in [3.63, 3.8) is 0 Å². The Kier molecular flexibility index (Phi) is 3.76. The van der Waals surface area contributed by atoms with Crippen LogP contribution in [0.4, 0.5) is 14.7 Å². The molecule has 0 atom stereocenters. The van der Waals surface area contributed by atoms with Gasteiger partial charge >= 0.3 is 0 Å². The maximum Gasteiger partial charge on any atom is 0.223 e. The van der Waals surface area contributed by atoms with Crippen molar-refractivity contribution in [2.75, 3.05) is 12.8 Å². The van der Waals surface area contributed by atoms with Crippen LogP contribution in [0.15, 0.2) is 48.7 Å². The Morgan fingerprint density at radius 2 is 1.81 bits per heavy atom. The van der Waals surface area contributed by atoms with Gasteiger partial charge in [0, 0.05) is 28.7 Å². The summed E-state index contributed by atoms with van der Waals surface area (Å²) in [5.74, 6) is -0.827. The molecule has 0 aliphatic rings. The first-order valence-electron chi connectivity index (χ1n) is 7.81. The van der Waals surface area contributed by atoms with Crippen molar-refractivity contribution in [3.05, 3.63) is 60.3 Å². The maximum atomic E-state index is 14.1. The van der Waals surface area contributed by atoms with Gasteiger partial charge in [0.1, 0.15) is 11.6 Å². The predicted octanol–water partition coefficient (Wildman–Crippen LogP) is 4.16. The molecule has 130 valence electrons. The number of rotatable bonds is 3. The number of fused-ring (bicyclic) bond motifs is 1. The van der Waals surface area contributed by atoms with Gasteiger partial charge in [0.25, 0.3) is 0 Å². The van der Waals surface area contributed by atoms with Crippen molar-refractivity contribution < 1.29 is 13.5 Å². The van der Waals surface area contributed by atoms with Crippen LogP contribution in [0.25, 0.3) is 33.3 Å². The summed E-state index contributed by atoms with van der Waals surface area (Å²) in [5, 5.41) is 0.755. The zero-order valence-corrected chi connectivity index (χ0v) is 13.8. The monoisotopic (exact) mass is 352 g/mol. The van der Waals surface area contributed by atoms with E-state index in [1.165, 1.54) is 25.3 Å². The molecule has 0 aliphatic heterocycles. The molecular formula is C19H14F2N4O. The van der Waals surface area contributed by atoms with Gasteiger partial charge in [-0.25, -0.2) is 13.8 Å². The lowest BCUT2D eigenvalue weighted by Crippen LogP contribution is -1.98. The molecule has 0 amide bonds. The van der Waals surface area contributed by atoms with Crippen LogP contribution in [0.2, 0.25) is 0 Å². The molecule has 4 rings (SSSR count). The number of benzene rings is 2. The summed E-state index contributed by atoms with van der Waals surface area (Å²) >= 11 is 0. The second-order valence-electron chi connectivity index (χ2n) is 5.71. The lowest BCUT2D eigenvalue weighted by molar-refractivity contribution is 0.398. The highest BCUT2D eigenvalue weighted by Gasteiger charge is 2.15. The van der Waals surface area contributed by atoms with E-state index in [0.29, 0.717) is 17.1 Å². The Labute approximate surface area is 147 Å². The largest absolute Gasteiger partial charge is 0.481 e. The van der Waals surface area contributed by atoms with Crippen molar-refractivity contribution >= 4 is 16.9 Å². The topological polar surface area (TPSA) is 76.8 Å². The second-order valence-corrected chi connectivity index (χ2v) is 5.71. The van der Waals surface area contributed by atoms with Crippen LogP contribution in [0, 0.1) is 11.6 Å². The van der Waals surface area contributed by atoms with E-state index in [9.17, 15) is 8.78 Å². The van der Waals surface area contributed by atoms with Crippen LogP contribution in [-0.2, 0) is 0 Å². The number of H-pyrrole nitrogens is 1. The Bertz CT molecular complexity index is 1100. The smallest absolute Gasteiger partial charge is 0.223 e. The third-order valence-electron chi connectivity index (χ3n) is 4.14. The predicted molar refractivity (Wildman–Crippen MR) is 95.6 cm³/mol. The Balaban J connectivity index is 1.92. The molecule has 2 aromatic heterocycles. The van der Waals surface area contributed by atoms with Crippen LogP contribution in [0.1, 0.15) is 0 Å². The van der Waals surface area contributed by atoms with E-state index in [0.717, 1.165) is 16.5 Å². The average Bonchev–Trinajstić information content (AvgIpc) is 3.04. The fourth-order valence-electron chi connectivity index (χ4n) is 2.95. The number of hydrogen-bond acceptors (Lipinski definition) is 4. The number of hydrogen-bond donors (Lipinski definition) is 2. The quantitative estimate of drug-likeness (QED) is 0.580. The summed E-state index contributed by atoms with van der Waals surface area (Å²) in [4.78, 5) is 11.3. The second kappa shape index (κ2) is 6.11. The summed E-state index contributed by atoms with van der Waals surface area (Å²) in [6.07, 6.45) is 1.76. The number of nitrogen functional groups attached to an aromatic ring is 1. The molecule has 4 aromatic rings. The normalized spacial score (nSPS) is 11.0. The van der Waals surface area contributed by atoms with Gasteiger partial charge in [-0.05, 0) is 29.8 Å². The molecule has 3 N–H and O–H groups in total. The van der Waals surface area contributed by atoms with Gasteiger partial charge in [0.05, 0.1) is 18.4 Å². The Morgan fingerprint density at radius 1 is 1.04 bits per heavy atom. The first kappa shape index (κ1) is 16.0. The molecule has 2 heterocycles. The number of halogens is 2. The van der Waals surface area contributed by atoms with E-state index in [-0.39, 0.29) is 11.5 Å². The molecule has 0 radical (unpaired) electrons. The van der Waals surface area contributed by atoms with E-state index in [2.05, 4.69) is 15.0 Å². The number of aromatic nitrogens is 3. The molecule has 0 bridgehead atoms. The number of nitrogens with one attached hydrogen (secondary N) is 1. The minimum atomic E-state index is -0.616. The van der Waals surface area contributed by atoms with Gasteiger partial charge in [0.2, 0.25) is 11.8 Å². The zero-order chi connectivity index (χ0) is 18.3. The van der Waals surface area contributed by atoms with Gasteiger partial charge in [-0.3, -0.25) is 0 Å². The third kappa shape index (κ3) is 2.63. The molecule has 0 saturated heterocycles. The van der Waals surface area contributed by atoms with E-state index >= 15 is 0 Å². The summed E-state index contributed by atoms with van der Waals surface area (Å²) < 4.78 is 33.4. The standard InChI is InChI=1S/C19H14F2N4O/c1-26-17-8-16(24-19(22)25-17)12-9-23-15-6-5-10(7-11(12)15)18-13(20)3-2-4-14(18)21/h2-9,23H,1H3,(H2,22,24,25). The maximum absolute atomic E-state index is 14.1. The van der Waals surface area contributed by atoms with Crippen LogP contribution < -0.4 is 10.5 Å². The first-order chi connectivity index (χ1) is 12.6. The molecule has 0 spiro atoms. The van der Waals surface area contributed by atoms with Gasteiger partial charge in [-0.2, -0.15) is 4.98 Å². The van der Waals surface area contributed by atoms with Crippen molar-refractivity contribution in [1.82, 2.24) is 15.0 Å². The minimum Gasteiger partial charge on any atom is -0.481 e. The van der Waals surface area contributed by atoms with Crippen molar-refractivity contribution in [2.45, 2.75) is 0 Å². The number of aromatic amines is 1. The van der Waals surface area contributed by atoms with Crippen LogP contribution >= 0.6 is 0 Å². The molecule has 0 fully saturated rings. The highest BCUT2D eigenvalue weighted by atomic mass is 19.1. The summed E-state index contributed by atoms with van der Waals surface area (Å²) in [7, 11) is 1.49. The van der Waals surface area contributed by atoms with E-state index in [4.69, 9.17) is 10.5 Å². The molecule has 0 aliphatic carbocycles. The van der Waals surface area contributed by atoms with Crippen LogP contribution in [0.5, 0.6) is 5.88 Å². The highest BCUT2D eigenvalue weighted by Crippen LogP contribution is 2.34. The fourth-order valence-corrected chi connectivity index (χ4v) is 2.95. The number of nitrogens with two attached hydrogens (primary N) is 1. The first-order valence-corrected chi connectivity index (χ1v) is 7.81. The van der Waals surface area contributed by atoms with Crippen LogP contribution in [-0.4, -0.2) is 22.1 Å². The SMILES string of the molecule is COc1cc(-c2c[nH]c3ccc(-c4c(F)cccc4F)cc23)nc(N)n1. The summed E-state index contributed by atoms with van der Waals surface area (Å²) in [5.41, 5.74) is 8.18. The van der Waals surface area contributed by atoms with Gasteiger partial charge in [-0.15, -0.1) is 0 Å². The summed E-state index contributed by atoms with van der Waals surface area (Å²) in [6.45, 7) is 0. The highest BCUT2D eigenvalue weighted by molar-refractivity contribution is 5.97. The third-order valence-corrected chi connectivity index (χ3v) is 4.14. The number of methoxy groups -OCH3 is 1. The van der Waals surface area contributed by atoms with Gasteiger partial charge in [0.15, 0.2) is 0 Å². The number of ether oxygens (including phenoxy) is 1. The number of nitrogens with zero attached hydrogens (tertiary/aromatic N) is 2. The Hall–Kier alpha value is -3.48. The molecular weight excluding hydrogens is 338 g/mol. The van der Waals surface area contributed by atoms with E-state index < -0.39 is 11.6 Å². The van der Waals surface area contributed by atoms with Gasteiger partial charge < -0.3 is 15.5 Å². The number of anilines is 1. The molecule has 26 heavy (non-hydrogen) atoms. The van der Waals surface area contributed by atoms with Gasteiger partial charge in [-0.1, -0.05) is 12.1 Å². The van der Waals surface area contributed by atoms with Crippen molar-refractivity contribution in [1.29, 1.82) is 0 Å². The molecule has 0 saturated carbocycles.